The third-order valence-electron chi connectivity index (χ3n) is 3.46. The van der Waals surface area contributed by atoms with Gasteiger partial charge in [0.1, 0.15) is 0 Å². The lowest BCUT2D eigenvalue weighted by Crippen LogP contribution is -2.41. The molecule has 5 nitrogen and oxygen atoms in total. The highest BCUT2D eigenvalue weighted by Gasteiger charge is 2.11. The van der Waals surface area contributed by atoms with Crippen molar-refractivity contribution in [1.29, 1.82) is 0 Å². The first-order chi connectivity index (χ1) is 10.2. The Morgan fingerprint density at radius 1 is 1.24 bits per heavy atom. The molecule has 0 unspecified atom stereocenters. The van der Waals surface area contributed by atoms with E-state index in [1.54, 1.807) is 12.1 Å². The number of nitrogens with one attached hydrogen (secondary N) is 1. The number of amides is 1. The highest BCUT2D eigenvalue weighted by Crippen LogP contribution is 2.10. The second kappa shape index (κ2) is 8.02. The Kier molecular flexibility index (Phi) is 6.04. The summed E-state index contributed by atoms with van der Waals surface area (Å²) in [6, 6.07) is 7.26. The van der Waals surface area contributed by atoms with Crippen LogP contribution in [-0.4, -0.2) is 42.9 Å². The molecule has 0 radical (unpaired) electrons. The number of nitrogens with zero attached hydrogens (tertiary/aromatic N) is 2. The van der Waals surface area contributed by atoms with Crippen molar-refractivity contribution in [1.82, 2.24) is 10.2 Å². The SMILES string of the molecule is NC(=NCCNC(=O)c1ccc(Br)cc1)N1CCCCC1. The van der Waals surface area contributed by atoms with Crippen molar-refractivity contribution in [3.8, 4) is 0 Å². The number of benzene rings is 1. The number of guanidine groups is 1. The van der Waals surface area contributed by atoms with Gasteiger partial charge in [0.25, 0.3) is 5.91 Å². The molecule has 3 N–H and O–H groups in total. The fraction of sp³-hybridized carbons (Fsp3) is 0.467. The zero-order chi connectivity index (χ0) is 15.1. The van der Waals surface area contributed by atoms with E-state index in [2.05, 4.69) is 31.1 Å². The summed E-state index contributed by atoms with van der Waals surface area (Å²) in [5.74, 6) is 0.502. The van der Waals surface area contributed by atoms with Crippen molar-refractivity contribution in [2.75, 3.05) is 26.2 Å². The molecule has 0 aromatic heterocycles. The Bertz CT molecular complexity index is 495. The highest BCUT2D eigenvalue weighted by atomic mass is 79.9. The maximum atomic E-state index is 11.9. The summed E-state index contributed by atoms with van der Waals surface area (Å²) in [5.41, 5.74) is 6.60. The molecule has 1 aliphatic rings. The van der Waals surface area contributed by atoms with Gasteiger partial charge in [0.2, 0.25) is 0 Å². The van der Waals surface area contributed by atoms with E-state index in [1.807, 2.05) is 12.1 Å². The number of carbonyl (C=O) groups is 1. The van der Waals surface area contributed by atoms with Gasteiger partial charge in [0.05, 0.1) is 6.54 Å². The minimum absolute atomic E-state index is 0.0887. The van der Waals surface area contributed by atoms with Gasteiger partial charge < -0.3 is 16.0 Å². The van der Waals surface area contributed by atoms with Gasteiger partial charge in [0, 0.05) is 29.7 Å². The van der Waals surface area contributed by atoms with E-state index in [0.29, 0.717) is 24.6 Å². The van der Waals surface area contributed by atoms with Gasteiger partial charge >= 0.3 is 0 Å². The van der Waals surface area contributed by atoms with Crippen molar-refractivity contribution in [3.63, 3.8) is 0 Å². The summed E-state index contributed by atoms with van der Waals surface area (Å²) < 4.78 is 0.956. The minimum Gasteiger partial charge on any atom is -0.370 e. The van der Waals surface area contributed by atoms with E-state index >= 15 is 0 Å². The summed E-state index contributed by atoms with van der Waals surface area (Å²) in [6.07, 6.45) is 3.63. The van der Waals surface area contributed by atoms with Crippen LogP contribution in [-0.2, 0) is 0 Å². The number of hydrogen-bond acceptors (Lipinski definition) is 2. The highest BCUT2D eigenvalue weighted by molar-refractivity contribution is 9.10. The smallest absolute Gasteiger partial charge is 0.251 e. The maximum absolute atomic E-state index is 11.9. The first-order valence-corrected chi connectivity index (χ1v) is 8.05. The first kappa shape index (κ1) is 15.8. The molecule has 6 heteroatoms. The average Bonchev–Trinajstić information content (AvgIpc) is 2.52. The molecule has 21 heavy (non-hydrogen) atoms. The van der Waals surface area contributed by atoms with Crippen LogP contribution in [0, 0.1) is 0 Å². The molecule has 2 rings (SSSR count). The summed E-state index contributed by atoms with van der Waals surface area (Å²) in [7, 11) is 0. The molecule has 1 saturated heterocycles. The molecule has 0 saturated carbocycles. The van der Waals surface area contributed by atoms with Gasteiger partial charge in [-0.2, -0.15) is 0 Å². The summed E-state index contributed by atoms with van der Waals surface area (Å²) >= 11 is 3.34. The van der Waals surface area contributed by atoms with E-state index < -0.39 is 0 Å². The van der Waals surface area contributed by atoms with Crippen molar-refractivity contribution in [3.05, 3.63) is 34.3 Å². The van der Waals surface area contributed by atoms with Crippen LogP contribution in [0.4, 0.5) is 0 Å². The van der Waals surface area contributed by atoms with Crippen LogP contribution in [0.25, 0.3) is 0 Å². The molecule has 0 bridgehead atoms. The topological polar surface area (TPSA) is 70.7 Å². The molecule has 0 spiro atoms. The number of likely N-dealkylation sites (tertiary alicyclic amines) is 1. The predicted octanol–water partition coefficient (Wildman–Crippen LogP) is 1.98. The van der Waals surface area contributed by atoms with Crippen molar-refractivity contribution in [2.45, 2.75) is 19.3 Å². The average molecular weight is 353 g/mol. The number of nitrogens with two attached hydrogens (primary N) is 1. The van der Waals surface area contributed by atoms with Gasteiger partial charge in [-0.3, -0.25) is 9.79 Å². The Hall–Kier alpha value is -1.56. The Morgan fingerprint density at radius 3 is 2.57 bits per heavy atom. The molecular weight excluding hydrogens is 332 g/mol. The first-order valence-electron chi connectivity index (χ1n) is 7.25. The third-order valence-corrected chi connectivity index (χ3v) is 3.99. The van der Waals surface area contributed by atoms with Crippen molar-refractivity contribution >= 4 is 27.8 Å². The predicted molar refractivity (Wildman–Crippen MR) is 88.4 cm³/mol. The molecule has 0 aliphatic carbocycles. The molecule has 114 valence electrons. The van der Waals surface area contributed by atoms with Gasteiger partial charge in [0.15, 0.2) is 5.96 Å². The fourth-order valence-electron chi connectivity index (χ4n) is 2.27. The summed E-state index contributed by atoms with van der Waals surface area (Å²) in [6.45, 7) is 2.97. The molecule has 1 aromatic carbocycles. The Balaban J connectivity index is 1.73. The van der Waals surface area contributed by atoms with Crippen molar-refractivity contribution < 1.29 is 4.79 Å². The monoisotopic (exact) mass is 352 g/mol. The second-order valence-corrected chi connectivity index (χ2v) is 5.97. The molecule has 1 heterocycles. The zero-order valence-electron chi connectivity index (χ0n) is 12.0. The number of rotatable bonds is 4. The molecule has 1 amide bonds. The van der Waals surface area contributed by atoms with Crippen LogP contribution in [0.15, 0.2) is 33.7 Å². The molecule has 0 atom stereocenters. The van der Waals surface area contributed by atoms with Gasteiger partial charge in [-0.1, -0.05) is 15.9 Å². The van der Waals surface area contributed by atoms with Gasteiger partial charge in [-0.25, -0.2) is 0 Å². The van der Waals surface area contributed by atoms with E-state index in [-0.39, 0.29) is 5.91 Å². The maximum Gasteiger partial charge on any atom is 0.251 e. The number of halogens is 1. The van der Waals surface area contributed by atoms with Crippen LogP contribution in [0.2, 0.25) is 0 Å². The van der Waals surface area contributed by atoms with Crippen LogP contribution in [0.3, 0.4) is 0 Å². The van der Waals surface area contributed by atoms with Crippen LogP contribution >= 0.6 is 15.9 Å². The lowest BCUT2D eigenvalue weighted by atomic mass is 10.1. The van der Waals surface area contributed by atoms with Crippen LogP contribution < -0.4 is 11.1 Å². The standard InChI is InChI=1S/C15H21BrN4O/c16-13-6-4-12(5-7-13)14(21)18-8-9-19-15(17)20-10-2-1-3-11-20/h4-7H,1-3,8-11H2,(H2,17,19)(H,18,21). The Labute approximate surface area is 133 Å². The van der Waals surface area contributed by atoms with E-state index in [1.165, 1.54) is 19.3 Å². The number of aliphatic imine (C=N–C) groups is 1. The lowest BCUT2D eigenvalue weighted by molar-refractivity contribution is 0.0955. The number of carbonyl (C=O) groups excluding carboxylic acids is 1. The van der Waals surface area contributed by atoms with E-state index in [4.69, 9.17) is 5.73 Å². The summed E-state index contributed by atoms with van der Waals surface area (Å²) in [5, 5.41) is 2.84. The molecule has 1 fully saturated rings. The molecule has 1 aromatic rings. The molecule has 1 aliphatic heterocycles. The number of hydrogen-bond donors (Lipinski definition) is 2. The normalized spacial score (nSPS) is 15.9. The largest absolute Gasteiger partial charge is 0.370 e. The zero-order valence-corrected chi connectivity index (χ0v) is 13.6. The van der Waals surface area contributed by atoms with E-state index in [0.717, 1.165) is 17.6 Å². The van der Waals surface area contributed by atoms with Crippen LogP contribution in [0.1, 0.15) is 29.6 Å². The Morgan fingerprint density at radius 2 is 1.90 bits per heavy atom. The van der Waals surface area contributed by atoms with Gasteiger partial charge in [-0.15, -0.1) is 0 Å². The second-order valence-electron chi connectivity index (χ2n) is 5.05. The quantitative estimate of drug-likeness (QED) is 0.494. The van der Waals surface area contributed by atoms with Crippen molar-refractivity contribution in [2.24, 2.45) is 10.7 Å². The third kappa shape index (κ3) is 5.04. The minimum atomic E-state index is -0.0887. The van der Waals surface area contributed by atoms with Crippen LogP contribution in [0.5, 0.6) is 0 Å². The lowest BCUT2D eigenvalue weighted by Gasteiger charge is -2.27. The molecular formula is C15H21BrN4O. The van der Waals surface area contributed by atoms with Gasteiger partial charge in [-0.05, 0) is 43.5 Å². The van der Waals surface area contributed by atoms with E-state index in [9.17, 15) is 4.79 Å². The summed E-state index contributed by atoms with van der Waals surface area (Å²) in [4.78, 5) is 18.3. The number of piperidine rings is 1. The fourth-order valence-corrected chi connectivity index (χ4v) is 2.53.